The van der Waals surface area contributed by atoms with Crippen LogP contribution in [0.5, 0.6) is 5.75 Å². The van der Waals surface area contributed by atoms with Crippen molar-refractivity contribution < 1.29 is 9.53 Å². The molecule has 0 aliphatic carbocycles. The highest BCUT2D eigenvalue weighted by atomic mass is 32.1. The molecule has 0 radical (unpaired) electrons. The normalized spacial score (nSPS) is 10.9. The molecule has 0 N–H and O–H groups in total. The zero-order valence-corrected chi connectivity index (χ0v) is 18.1. The van der Waals surface area contributed by atoms with Gasteiger partial charge in [-0.3, -0.25) is 14.7 Å². The summed E-state index contributed by atoms with van der Waals surface area (Å²) in [7, 11) is 0. The topological polar surface area (TPSA) is 55.3 Å². The highest BCUT2D eigenvalue weighted by Crippen LogP contribution is 2.32. The van der Waals surface area contributed by atoms with Crippen LogP contribution in [-0.4, -0.2) is 22.5 Å². The standard InChI is InChI=1S/C24H23N3O2S/c1-16-10-11-21-23(18(16)3)26-24(30-21)27(14-19-8-6-12-25-13-19)22(28)15-29-20-9-5-4-7-17(20)2/h4-13H,14-15H2,1-3H3. The molecule has 6 heteroatoms. The predicted octanol–water partition coefficient (Wildman–Crippen LogP) is 5.23. The molecule has 0 saturated carbocycles. The molecule has 2 heterocycles. The number of pyridine rings is 1. The molecule has 0 spiro atoms. The van der Waals surface area contributed by atoms with Crippen molar-refractivity contribution in [1.82, 2.24) is 9.97 Å². The van der Waals surface area contributed by atoms with E-state index in [4.69, 9.17) is 9.72 Å². The lowest BCUT2D eigenvalue weighted by atomic mass is 10.1. The Bertz CT molecular complexity index is 1190. The highest BCUT2D eigenvalue weighted by Gasteiger charge is 2.22. The van der Waals surface area contributed by atoms with Crippen LogP contribution in [0, 0.1) is 20.8 Å². The Kier molecular flexibility index (Phi) is 5.77. The van der Waals surface area contributed by atoms with E-state index < -0.39 is 0 Å². The Hall–Kier alpha value is -3.25. The maximum Gasteiger partial charge on any atom is 0.267 e. The van der Waals surface area contributed by atoms with Crippen LogP contribution in [0.4, 0.5) is 5.13 Å². The Balaban J connectivity index is 1.65. The lowest BCUT2D eigenvalue weighted by Gasteiger charge is -2.20. The number of hydrogen-bond acceptors (Lipinski definition) is 5. The summed E-state index contributed by atoms with van der Waals surface area (Å²) < 4.78 is 6.89. The number of carbonyl (C=O) groups excluding carboxylic acids is 1. The van der Waals surface area contributed by atoms with Crippen LogP contribution in [0.15, 0.2) is 60.9 Å². The lowest BCUT2D eigenvalue weighted by Crippen LogP contribution is -2.34. The minimum absolute atomic E-state index is 0.0565. The van der Waals surface area contributed by atoms with E-state index in [-0.39, 0.29) is 12.5 Å². The van der Waals surface area contributed by atoms with E-state index in [0.29, 0.717) is 17.4 Å². The largest absolute Gasteiger partial charge is 0.483 e. The zero-order chi connectivity index (χ0) is 21.1. The second-order valence-corrected chi connectivity index (χ2v) is 8.26. The maximum absolute atomic E-state index is 13.2. The van der Waals surface area contributed by atoms with Gasteiger partial charge < -0.3 is 4.74 Å². The van der Waals surface area contributed by atoms with E-state index >= 15 is 0 Å². The van der Waals surface area contributed by atoms with E-state index in [1.807, 2.05) is 43.3 Å². The number of aromatic nitrogens is 2. The summed E-state index contributed by atoms with van der Waals surface area (Å²) in [6, 6.07) is 15.7. The first kappa shape index (κ1) is 20.0. The molecule has 2 aromatic carbocycles. The van der Waals surface area contributed by atoms with Crippen LogP contribution in [0.3, 0.4) is 0 Å². The molecule has 0 saturated heterocycles. The molecule has 2 aromatic heterocycles. The monoisotopic (exact) mass is 417 g/mol. The SMILES string of the molecule is Cc1ccccc1OCC(=O)N(Cc1cccnc1)c1nc2c(C)c(C)ccc2s1. The molecule has 0 fully saturated rings. The minimum Gasteiger partial charge on any atom is -0.483 e. The molecular formula is C24H23N3O2S. The Morgan fingerprint density at radius 3 is 2.63 bits per heavy atom. The van der Waals surface area contributed by atoms with Crippen LogP contribution < -0.4 is 9.64 Å². The fraction of sp³-hybridized carbons (Fsp3) is 0.208. The van der Waals surface area contributed by atoms with E-state index in [2.05, 4.69) is 31.0 Å². The van der Waals surface area contributed by atoms with Gasteiger partial charge in [-0.1, -0.05) is 41.7 Å². The molecule has 30 heavy (non-hydrogen) atoms. The van der Waals surface area contributed by atoms with Gasteiger partial charge in [-0.2, -0.15) is 0 Å². The summed E-state index contributed by atoms with van der Waals surface area (Å²) in [5.74, 6) is 0.568. The predicted molar refractivity (Wildman–Crippen MR) is 121 cm³/mol. The smallest absolute Gasteiger partial charge is 0.267 e. The number of carbonyl (C=O) groups is 1. The molecule has 152 valence electrons. The molecule has 4 rings (SSSR count). The van der Waals surface area contributed by atoms with Crippen molar-refractivity contribution >= 4 is 32.6 Å². The average molecular weight is 418 g/mol. The van der Waals surface area contributed by atoms with Gasteiger partial charge in [-0.25, -0.2) is 4.98 Å². The van der Waals surface area contributed by atoms with Crippen molar-refractivity contribution in [3.8, 4) is 5.75 Å². The first-order valence-electron chi connectivity index (χ1n) is 9.77. The van der Waals surface area contributed by atoms with Gasteiger partial charge in [-0.05, 0) is 61.2 Å². The molecule has 5 nitrogen and oxygen atoms in total. The van der Waals surface area contributed by atoms with Crippen LogP contribution >= 0.6 is 11.3 Å². The van der Waals surface area contributed by atoms with Crippen molar-refractivity contribution in [1.29, 1.82) is 0 Å². The van der Waals surface area contributed by atoms with Crippen LogP contribution in [-0.2, 0) is 11.3 Å². The zero-order valence-electron chi connectivity index (χ0n) is 17.3. The number of anilines is 1. The number of nitrogens with zero attached hydrogens (tertiary/aromatic N) is 3. The summed E-state index contributed by atoms with van der Waals surface area (Å²) in [6.45, 7) is 6.44. The Labute approximate surface area is 180 Å². The van der Waals surface area contributed by atoms with Crippen molar-refractivity contribution in [2.24, 2.45) is 0 Å². The van der Waals surface area contributed by atoms with Crippen LogP contribution in [0.1, 0.15) is 22.3 Å². The number of amides is 1. The maximum atomic E-state index is 13.2. The van der Waals surface area contributed by atoms with Gasteiger partial charge in [0.25, 0.3) is 5.91 Å². The van der Waals surface area contributed by atoms with Gasteiger partial charge in [0.2, 0.25) is 0 Å². The third-order valence-electron chi connectivity index (χ3n) is 5.11. The molecule has 0 bridgehead atoms. The first-order chi connectivity index (χ1) is 14.5. The second kappa shape index (κ2) is 8.63. The molecular weight excluding hydrogens is 394 g/mol. The second-order valence-electron chi connectivity index (χ2n) is 7.25. The summed E-state index contributed by atoms with van der Waals surface area (Å²) in [5.41, 5.74) is 5.20. The van der Waals surface area contributed by atoms with Crippen molar-refractivity contribution in [2.45, 2.75) is 27.3 Å². The van der Waals surface area contributed by atoms with Crippen molar-refractivity contribution in [3.63, 3.8) is 0 Å². The van der Waals surface area contributed by atoms with Gasteiger partial charge >= 0.3 is 0 Å². The summed E-state index contributed by atoms with van der Waals surface area (Å²) in [5, 5.41) is 0.668. The number of rotatable bonds is 6. The molecule has 0 atom stereocenters. The van der Waals surface area contributed by atoms with Gasteiger partial charge in [0.1, 0.15) is 5.75 Å². The third kappa shape index (κ3) is 4.19. The van der Waals surface area contributed by atoms with E-state index in [1.54, 1.807) is 17.3 Å². The number of aryl methyl sites for hydroxylation is 3. The number of ether oxygens (including phenoxy) is 1. The summed E-state index contributed by atoms with van der Waals surface area (Å²) >= 11 is 1.52. The van der Waals surface area contributed by atoms with Crippen molar-refractivity contribution in [3.05, 3.63) is 83.2 Å². The quantitative estimate of drug-likeness (QED) is 0.431. The van der Waals surface area contributed by atoms with Gasteiger partial charge in [0, 0.05) is 12.4 Å². The fourth-order valence-corrected chi connectivity index (χ4v) is 4.24. The Morgan fingerprint density at radius 2 is 1.87 bits per heavy atom. The fourth-order valence-electron chi connectivity index (χ4n) is 3.20. The lowest BCUT2D eigenvalue weighted by molar-refractivity contribution is -0.120. The molecule has 0 aliphatic heterocycles. The first-order valence-corrected chi connectivity index (χ1v) is 10.6. The number of fused-ring (bicyclic) bond motifs is 1. The number of para-hydroxylation sites is 1. The average Bonchev–Trinajstić information content (AvgIpc) is 3.19. The minimum atomic E-state index is -0.143. The van der Waals surface area contributed by atoms with Gasteiger partial charge in [-0.15, -0.1) is 0 Å². The van der Waals surface area contributed by atoms with Gasteiger partial charge in [0.15, 0.2) is 11.7 Å². The highest BCUT2D eigenvalue weighted by molar-refractivity contribution is 7.22. The van der Waals surface area contributed by atoms with Crippen molar-refractivity contribution in [2.75, 3.05) is 11.5 Å². The van der Waals surface area contributed by atoms with E-state index in [1.165, 1.54) is 16.9 Å². The van der Waals surface area contributed by atoms with E-state index in [9.17, 15) is 4.79 Å². The number of thiazole rings is 1. The van der Waals surface area contributed by atoms with Crippen LogP contribution in [0.2, 0.25) is 0 Å². The molecule has 4 aromatic rings. The number of benzene rings is 2. The molecule has 1 amide bonds. The third-order valence-corrected chi connectivity index (χ3v) is 6.16. The number of hydrogen-bond donors (Lipinski definition) is 0. The molecule has 0 aliphatic rings. The van der Waals surface area contributed by atoms with E-state index in [0.717, 1.165) is 26.9 Å². The Morgan fingerprint density at radius 1 is 1.03 bits per heavy atom. The van der Waals surface area contributed by atoms with Gasteiger partial charge in [0.05, 0.1) is 16.8 Å². The summed E-state index contributed by atoms with van der Waals surface area (Å²) in [6.07, 6.45) is 3.49. The van der Waals surface area contributed by atoms with Crippen LogP contribution in [0.25, 0.3) is 10.2 Å². The molecule has 0 unspecified atom stereocenters. The summed E-state index contributed by atoms with van der Waals surface area (Å²) in [4.78, 5) is 23.9.